The van der Waals surface area contributed by atoms with E-state index in [-0.39, 0.29) is 17.5 Å². The molecule has 1 aliphatic rings. The van der Waals surface area contributed by atoms with E-state index < -0.39 is 5.82 Å². The van der Waals surface area contributed by atoms with Gasteiger partial charge in [0.1, 0.15) is 5.82 Å². The van der Waals surface area contributed by atoms with Gasteiger partial charge in [-0.25, -0.2) is 4.39 Å². The lowest BCUT2D eigenvalue weighted by molar-refractivity contribution is 0.0719. The number of rotatable bonds is 6. The maximum atomic E-state index is 14.5. The number of piperidine rings is 1. The molecule has 25 heavy (non-hydrogen) atoms. The Labute approximate surface area is 152 Å². The van der Waals surface area contributed by atoms with Gasteiger partial charge >= 0.3 is 0 Å². The summed E-state index contributed by atoms with van der Waals surface area (Å²) >= 11 is 1.70. The fourth-order valence-corrected chi connectivity index (χ4v) is 4.12. The smallest absolute Gasteiger partial charge is 0.256 e. The Balaban J connectivity index is 1.73. The number of halogens is 1. The summed E-state index contributed by atoms with van der Waals surface area (Å²) in [6, 6.07) is 9.19. The summed E-state index contributed by atoms with van der Waals surface area (Å²) in [7, 11) is 0. The summed E-state index contributed by atoms with van der Waals surface area (Å²) in [5, 5.41) is 5.47. The largest absolute Gasteiger partial charge is 0.377 e. The number of anilines is 1. The minimum atomic E-state index is -0.443. The molecule has 5 heteroatoms. The molecule has 134 valence electrons. The molecule has 1 saturated heterocycles. The van der Waals surface area contributed by atoms with Crippen molar-refractivity contribution < 1.29 is 9.18 Å². The molecular weight excluding hydrogens is 335 g/mol. The summed E-state index contributed by atoms with van der Waals surface area (Å²) in [5.74, 6) is -0.630. The third kappa shape index (κ3) is 4.40. The summed E-state index contributed by atoms with van der Waals surface area (Å²) < 4.78 is 14.5. The Morgan fingerprint density at radius 1 is 1.28 bits per heavy atom. The summed E-state index contributed by atoms with van der Waals surface area (Å²) in [5.41, 5.74) is 0.898. The molecule has 0 spiro atoms. The van der Waals surface area contributed by atoms with E-state index in [1.165, 1.54) is 10.9 Å². The van der Waals surface area contributed by atoms with Crippen LogP contribution in [0.1, 0.15) is 60.3 Å². The lowest BCUT2D eigenvalue weighted by Crippen LogP contribution is -2.36. The van der Waals surface area contributed by atoms with Gasteiger partial charge in [-0.3, -0.25) is 4.79 Å². The third-order valence-electron chi connectivity index (χ3n) is 4.65. The maximum absolute atomic E-state index is 14.5. The van der Waals surface area contributed by atoms with E-state index in [4.69, 9.17) is 0 Å². The number of carbonyl (C=O) groups is 1. The first-order valence-corrected chi connectivity index (χ1v) is 9.95. The van der Waals surface area contributed by atoms with Gasteiger partial charge < -0.3 is 10.2 Å². The van der Waals surface area contributed by atoms with E-state index in [2.05, 4.69) is 23.7 Å². The van der Waals surface area contributed by atoms with Crippen LogP contribution in [0.4, 0.5) is 10.1 Å². The van der Waals surface area contributed by atoms with Crippen LogP contribution in [0.5, 0.6) is 0 Å². The fraction of sp³-hybridized carbons (Fsp3) is 0.450. The Kier molecular flexibility index (Phi) is 6.08. The first-order chi connectivity index (χ1) is 12.2. The van der Waals surface area contributed by atoms with Crippen LogP contribution in [0, 0.1) is 5.82 Å². The monoisotopic (exact) mass is 360 g/mol. The highest BCUT2D eigenvalue weighted by atomic mass is 32.1. The van der Waals surface area contributed by atoms with Gasteiger partial charge in [0, 0.05) is 23.7 Å². The average Bonchev–Trinajstić information content (AvgIpc) is 3.16. The summed E-state index contributed by atoms with van der Waals surface area (Å²) in [6.07, 6.45) is 5.19. The second-order valence-electron chi connectivity index (χ2n) is 6.55. The second kappa shape index (κ2) is 8.48. The molecule has 0 aliphatic carbocycles. The number of likely N-dealkylation sites (tertiary alicyclic amines) is 1. The minimum Gasteiger partial charge on any atom is -0.377 e. The molecule has 3 nitrogen and oxygen atoms in total. The molecule has 3 rings (SSSR count). The Morgan fingerprint density at radius 3 is 2.72 bits per heavy atom. The van der Waals surface area contributed by atoms with Crippen LogP contribution in [0.3, 0.4) is 0 Å². The quantitative estimate of drug-likeness (QED) is 0.741. The minimum absolute atomic E-state index is 0.174. The first kappa shape index (κ1) is 17.9. The van der Waals surface area contributed by atoms with Crippen molar-refractivity contribution >= 4 is 22.9 Å². The van der Waals surface area contributed by atoms with E-state index in [1.807, 2.05) is 12.1 Å². The Morgan fingerprint density at radius 2 is 2.08 bits per heavy atom. The molecule has 0 saturated carbocycles. The zero-order chi connectivity index (χ0) is 17.6. The maximum Gasteiger partial charge on any atom is 0.256 e. The van der Waals surface area contributed by atoms with Gasteiger partial charge in [0.15, 0.2) is 0 Å². The lowest BCUT2D eigenvalue weighted by Gasteiger charge is -2.27. The molecule has 1 aliphatic heterocycles. The van der Waals surface area contributed by atoms with Gasteiger partial charge in [-0.05, 0) is 55.3 Å². The second-order valence-corrected chi connectivity index (χ2v) is 7.53. The van der Waals surface area contributed by atoms with Crippen LogP contribution in [0.25, 0.3) is 0 Å². The van der Waals surface area contributed by atoms with Gasteiger partial charge in [-0.15, -0.1) is 11.3 Å². The van der Waals surface area contributed by atoms with Crippen LogP contribution in [0.15, 0.2) is 35.7 Å². The molecular formula is C20H25FN2OS. The van der Waals surface area contributed by atoms with Crippen molar-refractivity contribution in [2.45, 2.75) is 45.1 Å². The van der Waals surface area contributed by atoms with Crippen molar-refractivity contribution in [3.05, 3.63) is 52.0 Å². The molecule has 1 aromatic heterocycles. The molecule has 1 unspecified atom stereocenters. The number of benzene rings is 1. The SMILES string of the molecule is CCCC(Nc1ccc(C(=O)N2CCCCC2)c(F)c1)c1cccs1. The molecule has 0 bridgehead atoms. The highest BCUT2D eigenvalue weighted by Crippen LogP contribution is 2.28. The zero-order valence-electron chi connectivity index (χ0n) is 14.6. The number of hydrogen-bond donors (Lipinski definition) is 1. The molecule has 0 radical (unpaired) electrons. The molecule has 1 N–H and O–H groups in total. The van der Waals surface area contributed by atoms with E-state index in [9.17, 15) is 9.18 Å². The summed E-state index contributed by atoms with van der Waals surface area (Å²) in [6.45, 7) is 3.60. The van der Waals surface area contributed by atoms with Gasteiger partial charge in [0.2, 0.25) is 0 Å². The summed E-state index contributed by atoms with van der Waals surface area (Å²) in [4.78, 5) is 15.5. The Hall–Kier alpha value is -1.88. The molecule has 2 aromatic rings. The number of thiophene rings is 1. The van der Waals surface area contributed by atoms with E-state index >= 15 is 0 Å². The molecule has 1 fully saturated rings. The standard InChI is InChI=1S/C20H25FN2OS/c1-2-7-18(19-8-6-13-25-19)22-15-9-10-16(17(21)14-15)20(24)23-11-4-3-5-12-23/h6,8-10,13-14,18,22H,2-5,7,11-12H2,1H3. The number of carbonyl (C=O) groups excluding carboxylic acids is 1. The lowest BCUT2D eigenvalue weighted by atomic mass is 10.1. The normalized spacial score (nSPS) is 15.8. The number of nitrogens with one attached hydrogen (secondary N) is 1. The molecule has 1 atom stereocenters. The molecule has 2 heterocycles. The van der Waals surface area contributed by atoms with Crippen LogP contribution in [0.2, 0.25) is 0 Å². The van der Waals surface area contributed by atoms with Crippen molar-refractivity contribution in [3.8, 4) is 0 Å². The number of hydrogen-bond acceptors (Lipinski definition) is 3. The predicted molar refractivity (Wildman–Crippen MR) is 102 cm³/mol. The fourth-order valence-electron chi connectivity index (χ4n) is 3.31. The van der Waals surface area contributed by atoms with E-state index in [1.54, 1.807) is 22.3 Å². The van der Waals surface area contributed by atoms with Crippen molar-refractivity contribution in [2.75, 3.05) is 18.4 Å². The zero-order valence-corrected chi connectivity index (χ0v) is 15.4. The highest BCUT2D eigenvalue weighted by molar-refractivity contribution is 7.10. The van der Waals surface area contributed by atoms with Gasteiger partial charge in [0.25, 0.3) is 5.91 Å². The topological polar surface area (TPSA) is 32.3 Å². The van der Waals surface area contributed by atoms with Crippen LogP contribution >= 0.6 is 11.3 Å². The van der Waals surface area contributed by atoms with Crippen LogP contribution in [-0.4, -0.2) is 23.9 Å². The van der Waals surface area contributed by atoms with Gasteiger partial charge in [-0.2, -0.15) is 0 Å². The van der Waals surface area contributed by atoms with Crippen LogP contribution < -0.4 is 5.32 Å². The molecule has 1 aromatic carbocycles. The van der Waals surface area contributed by atoms with E-state index in [0.29, 0.717) is 0 Å². The number of nitrogens with zero attached hydrogens (tertiary/aromatic N) is 1. The van der Waals surface area contributed by atoms with Crippen molar-refractivity contribution in [2.24, 2.45) is 0 Å². The average molecular weight is 360 g/mol. The third-order valence-corrected chi connectivity index (χ3v) is 5.63. The number of amides is 1. The Bertz CT molecular complexity index is 696. The van der Waals surface area contributed by atoms with Crippen molar-refractivity contribution in [1.82, 2.24) is 4.90 Å². The van der Waals surface area contributed by atoms with E-state index in [0.717, 1.165) is 50.9 Å². The van der Waals surface area contributed by atoms with Gasteiger partial charge in [-0.1, -0.05) is 19.4 Å². The van der Waals surface area contributed by atoms with Crippen molar-refractivity contribution in [3.63, 3.8) is 0 Å². The molecule has 1 amide bonds. The highest BCUT2D eigenvalue weighted by Gasteiger charge is 2.21. The van der Waals surface area contributed by atoms with Crippen LogP contribution in [-0.2, 0) is 0 Å². The van der Waals surface area contributed by atoms with Crippen molar-refractivity contribution in [1.29, 1.82) is 0 Å². The predicted octanol–water partition coefficient (Wildman–Crippen LogP) is 5.47. The first-order valence-electron chi connectivity index (χ1n) is 9.08. The van der Waals surface area contributed by atoms with Gasteiger partial charge in [0.05, 0.1) is 11.6 Å².